The first-order chi connectivity index (χ1) is 8.70. The molecule has 1 aliphatic heterocycles. The smallest absolute Gasteiger partial charge is 0.139 e. The first-order valence-electron chi connectivity index (χ1n) is 6.67. The Hall–Kier alpha value is -1.48. The van der Waals surface area contributed by atoms with Crippen molar-refractivity contribution in [3.63, 3.8) is 0 Å². The molecule has 3 nitrogen and oxygen atoms in total. The molecule has 1 saturated heterocycles. The number of nitrogens with one attached hydrogen (secondary N) is 1. The normalized spacial score (nSPS) is 20.4. The number of hydrogen-bond acceptors (Lipinski definition) is 2. The molecule has 2 heterocycles. The lowest BCUT2D eigenvalue weighted by Gasteiger charge is -2.23. The van der Waals surface area contributed by atoms with Crippen LogP contribution in [-0.4, -0.2) is 22.8 Å². The quantitative estimate of drug-likeness (QED) is 0.809. The second-order valence-electron chi connectivity index (χ2n) is 5.27. The summed E-state index contributed by atoms with van der Waals surface area (Å²) < 4.78 is 2.12. The van der Waals surface area contributed by atoms with Gasteiger partial charge in [0.2, 0.25) is 0 Å². The number of aromatic hydroxyl groups is 1. The molecule has 0 spiro atoms. The highest BCUT2D eigenvalue weighted by Gasteiger charge is 2.23. The molecule has 18 heavy (non-hydrogen) atoms. The van der Waals surface area contributed by atoms with Gasteiger partial charge in [0, 0.05) is 24.7 Å². The third kappa shape index (κ3) is 1.62. The van der Waals surface area contributed by atoms with Crippen molar-refractivity contribution in [3.8, 4) is 5.75 Å². The molecule has 1 fully saturated rings. The van der Waals surface area contributed by atoms with Gasteiger partial charge >= 0.3 is 0 Å². The second-order valence-corrected chi connectivity index (χ2v) is 5.27. The number of phenols is 1. The average molecular weight is 244 g/mol. The predicted octanol–water partition coefficient (Wildman–Crippen LogP) is 2.66. The van der Waals surface area contributed by atoms with Gasteiger partial charge in [0.25, 0.3) is 0 Å². The Bertz CT molecular complexity index is 580. The molecule has 3 heteroatoms. The standard InChI is InChI=1S/C15H20N2O/c1-10-14(11-5-4-8-16-9-11)12-6-3-7-13(18)15(12)17(10)2/h3,6-7,11,16,18H,4-5,8-9H2,1-2H3. The van der Waals surface area contributed by atoms with E-state index in [0.29, 0.717) is 11.7 Å². The number of aryl methyl sites for hydroxylation is 1. The molecule has 0 amide bonds. The van der Waals surface area contributed by atoms with Gasteiger partial charge in [-0.25, -0.2) is 0 Å². The Morgan fingerprint density at radius 3 is 2.94 bits per heavy atom. The van der Waals surface area contributed by atoms with Crippen molar-refractivity contribution in [2.75, 3.05) is 13.1 Å². The molecule has 1 unspecified atom stereocenters. The Morgan fingerprint density at radius 1 is 1.39 bits per heavy atom. The minimum atomic E-state index is 0.383. The van der Waals surface area contributed by atoms with Crippen molar-refractivity contribution in [2.45, 2.75) is 25.7 Å². The number of hydrogen-bond donors (Lipinski definition) is 2. The fraction of sp³-hybridized carbons (Fsp3) is 0.467. The van der Waals surface area contributed by atoms with Crippen LogP contribution in [0.4, 0.5) is 0 Å². The molecule has 0 bridgehead atoms. The number of rotatable bonds is 1. The Balaban J connectivity index is 2.22. The minimum absolute atomic E-state index is 0.383. The van der Waals surface area contributed by atoms with E-state index in [2.05, 4.69) is 22.9 Å². The monoisotopic (exact) mass is 244 g/mol. The summed E-state index contributed by atoms with van der Waals surface area (Å²) in [6.07, 6.45) is 2.47. The molecule has 1 atom stereocenters. The minimum Gasteiger partial charge on any atom is -0.506 e. The zero-order chi connectivity index (χ0) is 12.7. The van der Waals surface area contributed by atoms with Gasteiger partial charge in [-0.1, -0.05) is 12.1 Å². The summed E-state index contributed by atoms with van der Waals surface area (Å²) in [5, 5.41) is 14.7. The van der Waals surface area contributed by atoms with Gasteiger partial charge in [-0.2, -0.15) is 0 Å². The lowest BCUT2D eigenvalue weighted by atomic mass is 9.89. The maximum atomic E-state index is 10.1. The highest BCUT2D eigenvalue weighted by molar-refractivity contribution is 5.90. The Labute approximate surface area is 107 Å². The molecule has 1 aromatic carbocycles. The van der Waals surface area contributed by atoms with Crippen molar-refractivity contribution in [1.82, 2.24) is 9.88 Å². The van der Waals surface area contributed by atoms with Crippen molar-refractivity contribution < 1.29 is 5.11 Å². The molecule has 2 aromatic rings. The summed E-state index contributed by atoms with van der Waals surface area (Å²) in [4.78, 5) is 0. The number of fused-ring (bicyclic) bond motifs is 1. The van der Waals surface area contributed by atoms with Gasteiger partial charge in [0.15, 0.2) is 0 Å². The number of para-hydroxylation sites is 1. The van der Waals surface area contributed by atoms with Crippen LogP contribution in [0.5, 0.6) is 5.75 Å². The van der Waals surface area contributed by atoms with Gasteiger partial charge in [-0.05, 0) is 43.9 Å². The van der Waals surface area contributed by atoms with E-state index in [1.165, 1.54) is 29.5 Å². The van der Waals surface area contributed by atoms with Gasteiger partial charge in [0.1, 0.15) is 5.75 Å². The van der Waals surface area contributed by atoms with E-state index in [-0.39, 0.29) is 0 Å². The Morgan fingerprint density at radius 2 is 2.22 bits per heavy atom. The van der Waals surface area contributed by atoms with E-state index in [1.54, 1.807) is 6.07 Å². The largest absolute Gasteiger partial charge is 0.506 e. The van der Waals surface area contributed by atoms with Crippen LogP contribution in [-0.2, 0) is 7.05 Å². The maximum absolute atomic E-state index is 10.1. The first kappa shape index (κ1) is 11.6. The highest BCUT2D eigenvalue weighted by atomic mass is 16.3. The molecule has 1 aromatic heterocycles. The number of piperidine rings is 1. The lowest BCUT2D eigenvalue weighted by Crippen LogP contribution is -2.28. The summed E-state index contributed by atoms with van der Waals surface area (Å²) >= 11 is 0. The zero-order valence-electron chi connectivity index (χ0n) is 11.0. The Kier molecular flexibility index (Phi) is 2.78. The summed E-state index contributed by atoms with van der Waals surface area (Å²) in [5.74, 6) is 0.956. The van der Waals surface area contributed by atoms with Crippen LogP contribution < -0.4 is 5.32 Å². The molecular formula is C15H20N2O. The van der Waals surface area contributed by atoms with E-state index in [1.807, 2.05) is 13.1 Å². The van der Waals surface area contributed by atoms with E-state index < -0.39 is 0 Å². The number of aromatic nitrogens is 1. The van der Waals surface area contributed by atoms with Crippen LogP contribution in [0.1, 0.15) is 30.0 Å². The number of benzene rings is 1. The SMILES string of the molecule is Cc1c(C2CCCNC2)c2cccc(O)c2n1C. The third-order valence-electron chi connectivity index (χ3n) is 4.24. The molecule has 3 rings (SSSR count). The topological polar surface area (TPSA) is 37.2 Å². The molecule has 0 saturated carbocycles. The van der Waals surface area contributed by atoms with Crippen molar-refractivity contribution >= 4 is 10.9 Å². The van der Waals surface area contributed by atoms with E-state index in [0.717, 1.165) is 18.6 Å². The lowest BCUT2D eigenvalue weighted by molar-refractivity contribution is 0.461. The molecule has 0 aliphatic carbocycles. The van der Waals surface area contributed by atoms with E-state index in [9.17, 15) is 5.11 Å². The molecule has 1 aliphatic rings. The van der Waals surface area contributed by atoms with Gasteiger partial charge in [-0.3, -0.25) is 0 Å². The van der Waals surface area contributed by atoms with Crippen LogP contribution in [0.15, 0.2) is 18.2 Å². The number of phenolic OH excluding ortho intramolecular Hbond substituents is 1. The van der Waals surface area contributed by atoms with Gasteiger partial charge < -0.3 is 15.0 Å². The van der Waals surface area contributed by atoms with Crippen LogP contribution in [0, 0.1) is 6.92 Å². The first-order valence-corrected chi connectivity index (χ1v) is 6.67. The fourth-order valence-electron chi connectivity index (χ4n) is 3.26. The van der Waals surface area contributed by atoms with Crippen molar-refractivity contribution in [1.29, 1.82) is 0 Å². The second kappa shape index (κ2) is 4.32. The molecule has 2 N–H and O–H groups in total. The van der Waals surface area contributed by atoms with E-state index in [4.69, 9.17) is 0 Å². The van der Waals surface area contributed by atoms with Gasteiger partial charge in [0.05, 0.1) is 5.52 Å². The maximum Gasteiger partial charge on any atom is 0.139 e. The third-order valence-corrected chi connectivity index (χ3v) is 4.24. The predicted molar refractivity (Wildman–Crippen MR) is 74.2 cm³/mol. The summed E-state index contributed by atoms with van der Waals surface area (Å²) in [7, 11) is 2.04. The van der Waals surface area contributed by atoms with Gasteiger partial charge in [-0.15, -0.1) is 0 Å². The molecule has 96 valence electrons. The van der Waals surface area contributed by atoms with Crippen LogP contribution >= 0.6 is 0 Å². The summed E-state index contributed by atoms with van der Waals surface area (Å²) in [5.41, 5.74) is 3.66. The molecular weight excluding hydrogens is 224 g/mol. The van der Waals surface area contributed by atoms with Crippen LogP contribution in [0.3, 0.4) is 0 Å². The zero-order valence-corrected chi connectivity index (χ0v) is 11.0. The number of nitrogens with zero attached hydrogens (tertiary/aromatic N) is 1. The summed E-state index contributed by atoms with van der Waals surface area (Å²) in [6.45, 7) is 4.34. The van der Waals surface area contributed by atoms with Crippen molar-refractivity contribution in [3.05, 3.63) is 29.5 Å². The molecule has 0 radical (unpaired) electrons. The van der Waals surface area contributed by atoms with Crippen LogP contribution in [0.25, 0.3) is 10.9 Å². The van der Waals surface area contributed by atoms with E-state index >= 15 is 0 Å². The average Bonchev–Trinajstić information content (AvgIpc) is 2.64. The summed E-state index contributed by atoms with van der Waals surface area (Å²) in [6, 6.07) is 5.84. The van der Waals surface area contributed by atoms with Crippen molar-refractivity contribution in [2.24, 2.45) is 7.05 Å². The fourth-order valence-corrected chi connectivity index (χ4v) is 3.26. The van der Waals surface area contributed by atoms with Crippen LogP contribution in [0.2, 0.25) is 0 Å². The highest BCUT2D eigenvalue weighted by Crippen LogP contribution is 2.37.